The van der Waals surface area contributed by atoms with Crippen LogP contribution < -0.4 is 15.0 Å². The minimum atomic E-state index is 0.0786. The van der Waals surface area contributed by atoms with Crippen LogP contribution >= 0.6 is 0 Å². The summed E-state index contributed by atoms with van der Waals surface area (Å²) >= 11 is 0. The Morgan fingerprint density at radius 2 is 2.06 bits per heavy atom. The lowest BCUT2D eigenvalue weighted by atomic mass is 9.96. The predicted molar refractivity (Wildman–Crippen MR) is 121 cm³/mol. The van der Waals surface area contributed by atoms with E-state index in [4.69, 9.17) is 4.74 Å². The van der Waals surface area contributed by atoms with Gasteiger partial charge in [-0.25, -0.2) is 4.98 Å². The molecule has 168 valence electrons. The van der Waals surface area contributed by atoms with E-state index in [9.17, 15) is 4.79 Å². The van der Waals surface area contributed by atoms with Gasteiger partial charge in [0.15, 0.2) is 0 Å². The van der Waals surface area contributed by atoms with Crippen molar-refractivity contribution in [2.45, 2.75) is 19.8 Å². The van der Waals surface area contributed by atoms with Gasteiger partial charge in [0.25, 0.3) is 11.7 Å². The number of ether oxygens (including phenoxy) is 1. The van der Waals surface area contributed by atoms with Gasteiger partial charge < -0.3 is 19.9 Å². The average Bonchev–Trinajstić information content (AvgIpc) is 3.50. The van der Waals surface area contributed by atoms with E-state index in [1.165, 1.54) is 6.33 Å². The van der Waals surface area contributed by atoms with Crippen molar-refractivity contribution in [2.75, 3.05) is 51.3 Å². The molecule has 32 heavy (non-hydrogen) atoms. The normalized spacial score (nSPS) is 19.0. The number of hydrogen-bond acceptors (Lipinski definition) is 7. The molecule has 0 aliphatic carbocycles. The molecule has 1 atom stereocenters. The number of fused-ring (bicyclic) bond motifs is 1. The van der Waals surface area contributed by atoms with Crippen LogP contribution in [0.3, 0.4) is 0 Å². The van der Waals surface area contributed by atoms with Crippen molar-refractivity contribution in [2.24, 2.45) is 5.92 Å². The first kappa shape index (κ1) is 20.7. The van der Waals surface area contributed by atoms with Gasteiger partial charge in [-0.1, -0.05) is 0 Å². The molecule has 3 aromatic rings. The Kier molecular flexibility index (Phi) is 5.65. The molecule has 0 spiro atoms. The lowest BCUT2D eigenvalue weighted by molar-refractivity contribution is 0.0746. The van der Waals surface area contributed by atoms with Crippen molar-refractivity contribution < 1.29 is 9.53 Å². The highest BCUT2D eigenvalue weighted by Crippen LogP contribution is 2.26. The van der Waals surface area contributed by atoms with Crippen LogP contribution in [0.2, 0.25) is 0 Å². The maximum absolute atomic E-state index is 13.3. The van der Waals surface area contributed by atoms with E-state index in [2.05, 4.69) is 25.3 Å². The molecule has 1 amide bonds. The van der Waals surface area contributed by atoms with Gasteiger partial charge in [-0.2, -0.15) is 14.6 Å². The number of benzene rings is 1. The van der Waals surface area contributed by atoms with Gasteiger partial charge in [-0.3, -0.25) is 4.79 Å². The van der Waals surface area contributed by atoms with Crippen LogP contribution in [0.1, 0.15) is 28.0 Å². The molecule has 2 aliphatic rings. The molecule has 5 rings (SSSR count). The fourth-order valence-electron chi connectivity index (χ4n) is 4.73. The molecule has 9 heteroatoms. The van der Waals surface area contributed by atoms with Gasteiger partial charge in [0, 0.05) is 43.5 Å². The van der Waals surface area contributed by atoms with Crippen molar-refractivity contribution in [1.82, 2.24) is 29.8 Å². The quantitative estimate of drug-likeness (QED) is 0.651. The third-order valence-electron chi connectivity index (χ3n) is 6.45. The van der Waals surface area contributed by atoms with Crippen LogP contribution in [-0.4, -0.2) is 76.8 Å². The fraction of sp³-hybridized carbons (Fsp3) is 0.478. The third kappa shape index (κ3) is 4.00. The zero-order valence-electron chi connectivity index (χ0n) is 18.6. The first-order valence-corrected chi connectivity index (χ1v) is 11.2. The molecule has 2 aromatic heterocycles. The van der Waals surface area contributed by atoms with Crippen molar-refractivity contribution >= 4 is 17.5 Å². The largest absolute Gasteiger partial charge is 0.496 e. The molecule has 1 aromatic carbocycles. The summed E-state index contributed by atoms with van der Waals surface area (Å²) in [5.74, 6) is 3.10. The van der Waals surface area contributed by atoms with E-state index in [1.54, 1.807) is 11.6 Å². The number of rotatable bonds is 5. The summed E-state index contributed by atoms with van der Waals surface area (Å²) < 4.78 is 7.33. The molecule has 2 saturated heterocycles. The van der Waals surface area contributed by atoms with E-state index < -0.39 is 0 Å². The number of carbonyl (C=O) groups excluding carboxylic acids is 1. The summed E-state index contributed by atoms with van der Waals surface area (Å²) in [5.41, 5.74) is 2.76. The zero-order valence-corrected chi connectivity index (χ0v) is 18.6. The molecule has 0 bridgehead atoms. The van der Waals surface area contributed by atoms with Crippen LogP contribution in [-0.2, 0) is 6.42 Å². The predicted octanol–water partition coefficient (Wildman–Crippen LogP) is 1.56. The Morgan fingerprint density at radius 1 is 1.22 bits per heavy atom. The molecule has 0 radical (unpaired) electrons. The third-order valence-corrected chi connectivity index (χ3v) is 6.45. The molecule has 1 N–H and O–H groups in total. The SMILES string of the molecule is COc1ccc(C(=O)N2CCN(c3cc(C)nc4ncnn34)CC2)cc1CC1CCNC1. The monoisotopic (exact) mass is 435 g/mol. The van der Waals surface area contributed by atoms with Gasteiger partial charge in [0.1, 0.15) is 17.9 Å². The Labute approximate surface area is 187 Å². The van der Waals surface area contributed by atoms with Crippen molar-refractivity contribution in [3.05, 3.63) is 47.4 Å². The summed E-state index contributed by atoms with van der Waals surface area (Å²) in [4.78, 5) is 26.1. The van der Waals surface area contributed by atoms with Crippen LogP contribution in [0.4, 0.5) is 5.82 Å². The lowest BCUT2D eigenvalue weighted by Gasteiger charge is -2.36. The molecular formula is C23H29N7O2. The highest BCUT2D eigenvalue weighted by molar-refractivity contribution is 5.94. The second-order valence-electron chi connectivity index (χ2n) is 8.60. The smallest absolute Gasteiger partial charge is 0.254 e. The second-order valence-corrected chi connectivity index (χ2v) is 8.60. The number of nitrogens with zero attached hydrogens (tertiary/aromatic N) is 6. The van der Waals surface area contributed by atoms with Gasteiger partial charge in [-0.05, 0) is 62.5 Å². The highest BCUT2D eigenvalue weighted by Gasteiger charge is 2.25. The van der Waals surface area contributed by atoms with E-state index in [1.807, 2.05) is 36.1 Å². The maximum atomic E-state index is 13.3. The molecule has 4 heterocycles. The zero-order chi connectivity index (χ0) is 22.1. The van der Waals surface area contributed by atoms with Crippen LogP contribution in [0.5, 0.6) is 5.75 Å². The molecular weight excluding hydrogens is 406 g/mol. The number of piperazine rings is 1. The summed E-state index contributed by atoms with van der Waals surface area (Å²) in [6, 6.07) is 7.86. The second kappa shape index (κ2) is 8.74. The number of carbonyl (C=O) groups is 1. The number of methoxy groups -OCH3 is 1. The molecule has 2 fully saturated rings. The minimum Gasteiger partial charge on any atom is -0.496 e. The number of nitrogens with one attached hydrogen (secondary N) is 1. The molecule has 2 aliphatic heterocycles. The fourth-order valence-corrected chi connectivity index (χ4v) is 4.73. The van der Waals surface area contributed by atoms with Gasteiger partial charge in [0.2, 0.25) is 0 Å². The molecule has 0 saturated carbocycles. The first-order valence-electron chi connectivity index (χ1n) is 11.2. The summed E-state index contributed by atoms with van der Waals surface area (Å²) in [6.45, 7) is 6.84. The average molecular weight is 436 g/mol. The topological polar surface area (TPSA) is 87.9 Å². The number of aromatic nitrogens is 4. The van der Waals surface area contributed by atoms with Crippen LogP contribution in [0.15, 0.2) is 30.6 Å². The first-order chi connectivity index (χ1) is 15.6. The number of hydrogen-bond donors (Lipinski definition) is 1. The van der Waals surface area contributed by atoms with Crippen LogP contribution in [0, 0.1) is 12.8 Å². The van der Waals surface area contributed by atoms with Crippen molar-refractivity contribution in [3.8, 4) is 5.75 Å². The van der Waals surface area contributed by atoms with E-state index >= 15 is 0 Å². The Bertz CT molecular complexity index is 1110. The van der Waals surface area contributed by atoms with Gasteiger partial charge in [0.05, 0.1) is 7.11 Å². The molecule has 1 unspecified atom stereocenters. The van der Waals surface area contributed by atoms with Gasteiger partial charge in [-0.15, -0.1) is 0 Å². The standard InChI is InChI=1S/C23H29N7O2/c1-16-11-21(30-23(27-16)25-15-26-30)28-7-9-29(10-8-28)22(31)18-3-4-20(32-2)19(13-18)12-17-5-6-24-14-17/h3-4,11,13,15,17,24H,5-10,12,14H2,1-2H3. The van der Waals surface area contributed by atoms with E-state index in [0.717, 1.165) is 67.4 Å². The lowest BCUT2D eigenvalue weighted by Crippen LogP contribution is -2.49. The summed E-state index contributed by atoms with van der Waals surface area (Å²) in [6.07, 6.45) is 3.62. The Hall–Kier alpha value is -3.20. The number of aryl methyl sites for hydroxylation is 1. The maximum Gasteiger partial charge on any atom is 0.254 e. The number of anilines is 1. The minimum absolute atomic E-state index is 0.0786. The van der Waals surface area contributed by atoms with Gasteiger partial charge >= 0.3 is 0 Å². The summed E-state index contributed by atoms with van der Waals surface area (Å²) in [5, 5.41) is 7.72. The summed E-state index contributed by atoms with van der Waals surface area (Å²) in [7, 11) is 1.69. The van der Waals surface area contributed by atoms with Crippen LogP contribution in [0.25, 0.3) is 5.78 Å². The Morgan fingerprint density at radius 3 is 2.81 bits per heavy atom. The van der Waals surface area contributed by atoms with E-state index in [0.29, 0.717) is 24.8 Å². The Balaban J connectivity index is 1.29. The molecule has 9 nitrogen and oxygen atoms in total. The number of amides is 1. The highest BCUT2D eigenvalue weighted by atomic mass is 16.5. The van der Waals surface area contributed by atoms with E-state index in [-0.39, 0.29) is 5.91 Å². The van der Waals surface area contributed by atoms with Crippen molar-refractivity contribution in [1.29, 1.82) is 0 Å². The van der Waals surface area contributed by atoms with Crippen molar-refractivity contribution in [3.63, 3.8) is 0 Å².